The van der Waals surface area contributed by atoms with Gasteiger partial charge in [-0.15, -0.1) is 10.2 Å². The maximum Gasteiger partial charge on any atom is 0.251 e. The molecule has 1 atom stereocenters. The van der Waals surface area contributed by atoms with E-state index in [1.807, 2.05) is 66.6 Å². The van der Waals surface area contributed by atoms with E-state index in [1.165, 1.54) is 0 Å². The summed E-state index contributed by atoms with van der Waals surface area (Å²) in [6.07, 6.45) is 3.65. The van der Waals surface area contributed by atoms with Crippen molar-refractivity contribution in [3.8, 4) is 0 Å². The molecule has 0 unspecified atom stereocenters. The van der Waals surface area contributed by atoms with Crippen LogP contribution in [0.3, 0.4) is 0 Å². The average molecular weight is 420 g/mol. The summed E-state index contributed by atoms with van der Waals surface area (Å²) >= 11 is 0. The lowest BCUT2D eigenvalue weighted by molar-refractivity contribution is -0.135. The number of aryl methyl sites for hydroxylation is 1. The fourth-order valence-electron chi connectivity index (χ4n) is 4.14. The molecular weight excluding hydrogens is 390 g/mol. The van der Waals surface area contributed by atoms with Crippen LogP contribution in [0.4, 0.5) is 0 Å². The third kappa shape index (κ3) is 4.45. The topological polar surface area (TPSA) is 79.6 Å². The molecule has 1 aromatic carbocycles. The van der Waals surface area contributed by atoms with Crippen LogP contribution in [0.5, 0.6) is 0 Å². The van der Waals surface area contributed by atoms with Gasteiger partial charge in [-0.1, -0.05) is 37.6 Å². The number of rotatable bonds is 5. The summed E-state index contributed by atoms with van der Waals surface area (Å²) in [6.45, 7) is 7.21. The van der Waals surface area contributed by atoms with Crippen LogP contribution in [0.1, 0.15) is 54.4 Å². The summed E-state index contributed by atoms with van der Waals surface area (Å²) in [4.78, 5) is 27.8. The maximum absolute atomic E-state index is 13.2. The first-order valence-electron chi connectivity index (χ1n) is 10.9. The van der Waals surface area contributed by atoms with E-state index in [2.05, 4.69) is 15.5 Å². The molecule has 4 rings (SSSR count). The van der Waals surface area contributed by atoms with Gasteiger partial charge in [0.2, 0.25) is 5.91 Å². The quantitative estimate of drug-likeness (QED) is 0.689. The van der Waals surface area contributed by atoms with Crippen molar-refractivity contribution in [3.05, 3.63) is 65.6 Å². The van der Waals surface area contributed by atoms with Gasteiger partial charge in [0.05, 0.1) is 0 Å². The van der Waals surface area contributed by atoms with Gasteiger partial charge in [0.15, 0.2) is 5.65 Å². The number of pyridine rings is 1. The Kier molecular flexibility index (Phi) is 6.02. The van der Waals surface area contributed by atoms with Crippen LogP contribution in [-0.4, -0.2) is 50.4 Å². The second-order valence-corrected chi connectivity index (χ2v) is 8.65. The number of likely N-dealkylation sites (tertiary alicyclic amines) is 1. The molecule has 0 radical (unpaired) electrons. The molecule has 1 aliphatic rings. The summed E-state index contributed by atoms with van der Waals surface area (Å²) in [5.41, 5.74) is 2.51. The van der Waals surface area contributed by atoms with Crippen molar-refractivity contribution in [2.45, 2.75) is 45.6 Å². The van der Waals surface area contributed by atoms with Gasteiger partial charge in [-0.3, -0.25) is 14.0 Å². The Morgan fingerprint density at radius 3 is 2.42 bits per heavy atom. The number of amides is 2. The number of nitrogens with zero attached hydrogens (tertiary/aromatic N) is 4. The zero-order chi connectivity index (χ0) is 22.0. The van der Waals surface area contributed by atoms with Crippen molar-refractivity contribution in [1.82, 2.24) is 24.8 Å². The van der Waals surface area contributed by atoms with Crippen LogP contribution >= 0.6 is 0 Å². The molecule has 0 aliphatic carbocycles. The number of benzene rings is 1. The third-order valence-corrected chi connectivity index (χ3v) is 6.04. The molecule has 1 aliphatic heterocycles. The molecular formula is C24H29N5O2. The highest BCUT2D eigenvalue weighted by atomic mass is 16.2. The van der Waals surface area contributed by atoms with Gasteiger partial charge in [0.25, 0.3) is 5.91 Å². The van der Waals surface area contributed by atoms with E-state index in [9.17, 15) is 9.59 Å². The summed E-state index contributed by atoms with van der Waals surface area (Å²) in [6, 6.07) is 12.7. The van der Waals surface area contributed by atoms with E-state index < -0.39 is 6.04 Å². The number of carbonyl (C=O) groups is 2. The third-order valence-electron chi connectivity index (χ3n) is 6.04. The Labute approximate surface area is 182 Å². The van der Waals surface area contributed by atoms with Crippen molar-refractivity contribution in [2.24, 2.45) is 5.92 Å². The van der Waals surface area contributed by atoms with Gasteiger partial charge >= 0.3 is 0 Å². The molecule has 7 nitrogen and oxygen atoms in total. The monoisotopic (exact) mass is 419 g/mol. The highest BCUT2D eigenvalue weighted by molar-refractivity contribution is 5.97. The van der Waals surface area contributed by atoms with Crippen LogP contribution < -0.4 is 5.32 Å². The van der Waals surface area contributed by atoms with E-state index in [0.29, 0.717) is 18.7 Å². The molecule has 1 fully saturated rings. The Bertz CT molecular complexity index is 1070. The van der Waals surface area contributed by atoms with Gasteiger partial charge in [-0.05, 0) is 49.9 Å². The van der Waals surface area contributed by atoms with Gasteiger partial charge in [0, 0.05) is 30.8 Å². The van der Waals surface area contributed by atoms with Crippen molar-refractivity contribution < 1.29 is 9.59 Å². The van der Waals surface area contributed by atoms with Gasteiger partial charge < -0.3 is 10.2 Å². The number of aromatic nitrogens is 3. The molecule has 2 aromatic heterocycles. The van der Waals surface area contributed by atoms with Crippen molar-refractivity contribution in [1.29, 1.82) is 0 Å². The zero-order valence-electron chi connectivity index (χ0n) is 18.3. The lowest BCUT2D eigenvalue weighted by Gasteiger charge is -2.35. The van der Waals surface area contributed by atoms with Crippen molar-refractivity contribution >= 4 is 17.5 Å². The zero-order valence-corrected chi connectivity index (χ0v) is 18.3. The predicted molar refractivity (Wildman–Crippen MR) is 119 cm³/mol. The van der Waals surface area contributed by atoms with Crippen LogP contribution in [0.15, 0.2) is 48.7 Å². The van der Waals surface area contributed by atoms with Gasteiger partial charge in [-0.25, -0.2) is 0 Å². The summed E-state index contributed by atoms with van der Waals surface area (Å²) < 4.78 is 2.03. The SMILES string of the molecule is Cc1ccc(C(=O)N[C@H](C(=O)N2CCC(c3nnc4ccccn34)CC2)C(C)C)cc1. The first-order chi connectivity index (χ1) is 14.9. The first-order valence-corrected chi connectivity index (χ1v) is 10.9. The molecule has 31 heavy (non-hydrogen) atoms. The van der Waals surface area contributed by atoms with Crippen LogP contribution in [-0.2, 0) is 4.79 Å². The number of nitrogens with one attached hydrogen (secondary N) is 1. The molecule has 3 aromatic rings. The standard InChI is InChI=1S/C24H29N5O2/c1-16(2)21(25-23(30)19-9-7-17(3)8-10-19)24(31)28-14-11-18(12-15-28)22-27-26-20-6-4-5-13-29(20)22/h4-10,13,16,18,21H,11-12,14-15H2,1-3H3,(H,25,30)/t21-/m0/s1. The lowest BCUT2D eigenvalue weighted by atomic mass is 9.94. The molecule has 2 amide bonds. The number of hydrogen-bond donors (Lipinski definition) is 1. The minimum absolute atomic E-state index is 0.0000569. The fourth-order valence-corrected chi connectivity index (χ4v) is 4.14. The van der Waals surface area contributed by atoms with Crippen LogP contribution in [0.2, 0.25) is 0 Å². The number of fused-ring (bicyclic) bond motifs is 1. The van der Waals surface area contributed by atoms with Gasteiger partial charge in [-0.2, -0.15) is 0 Å². The lowest BCUT2D eigenvalue weighted by Crippen LogP contribution is -2.52. The van der Waals surface area contributed by atoms with E-state index >= 15 is 0 Å². The highest BCUT2D eigenvalue weighted by Gasteiger charge is 2.32. The number of hydrogen-bond acceptors (Lipinski definition) is 4. The van der Waals surface area contributed by atoms with Crippen LogP contribution in [0, 0.1) is 12.8 Å². The smallest absolute Gasteiger partial charge is 0.251 e. The highest BCUT2D eigenvalue weighted by Crippen LogP contribution is 2.27. The molecule has 1 saturated heterocycles. The summed E-state index contributed by atoms with van der Waals surface area (Å²) in [5, 5.41) is 11.6. The Balaban J connectivity index is 1.41. The molecule has 3 heterocycles. The Hall–Kier alpha value is -3.22. The second-order valence-electron chi connectivity index (χ2n) is 8.65. The molecule has 0 bridgehead atoms. The fraction of sp³-hybridized carbons (Fsp3) is 0.417. The van der Waals surface area contributed by atoms with Crippen molar-refractivity contribution in [3.63, 3.8) is 0 Å². The minimum Gasteiger partial charge on any atom is -0.341 e. The summed E-state index contributed by atoms with van der Waals surface area (Å²) in [5.74, 6) is 0.994. The molecule has 0 spiro atoms. The van der Waals surface area contributed by atoms with Gasteiger partial charge in [0.1, 0.15) is 11.9 Å². The molecule has 162 valence electrons. The number of piperidine rings is 1. The Morgan fingerprint density at radius 1 is 1.03 bits per heavy atom. The minimum atomic E-state index is -0.542. The molecule has 1 N–H and O–H groups in total. The van der Waals surface area contributed by atoms with Crippen molar-refractivity contribution in [2.75, 3.05) is 13.1 Å². The van der Waals surface area contributed by atoms with E-state index in [-0.39, 0.29) is 23.7 Å². The molecule has 0 saturated carbocycles. The second kappa shape index (κ2) is 8.88. The Morgan fingerprint density at radius 2 is 1.74 bits per heavy atom. The normalized spacial score (nSPS) is 15.9. The van der Waals surface area contributed by atoms with E-state index in [0.717, 1.165) is 29.9 Å². The van der Waals surface area contributed by atoms with E-state index in [4.69, 9.17) is 0 Å². The van der Waals surface area contributed by atoms with Crippen LogP contribution in [0.25, 0.3) is 5.65 Å². The largest absolute Gasteiger partial charge is 0.341 e. The maximum atomic E-state index is 13.2. The first kappa shape index (κ1) is 21.0. The summed E-state index contributed by atoms with van der Waals surface area (Å²) in [7, 11) is 0. The van der Waals surface area contributed by atoms with E-state index in [1.54, 1.807) is 12.1 Å². The predicted octanol–water partition coefficient (Wildman–Crippen LogP) is 3.20. The average Bonchev–Trinajstić information content (AvgIpc) is 3.21. The number of carbonyl (C=O) groups excluding carboxylic acids is 2. The molecule has 7 heteroatoms.